The van der Waals surface area contributed by atoms with E-state index in [4.69, 9.17) is 9.47 Å². The van der Waals surface area contributed by atoms with Crippen LogP contribution in [0.25, 0.3) is 0 Å². The second kappa shape index (κ2) is 10.5. The molecule has 7 nitrogen and oxygen atoms in total. The van der Waals surface area contributed by atoms with Crippen molar-refractivity contribution in [3.05, 3.63) is 52.2 Å². The molecule has 1 aromatic carbocycles. The maximum absolute atomic E-state index is 12.7. The Kier molecular flexibility index (Phi) is 8.01. The standard InChI is InChI=1S/C20H24N2O5S/c1-13(23)21-16(14-6-8-15(26-2)9-7-14)11-19(24)22-17(12-20(25)27-3)18-5-4-10-28-18/h4-10,16-17H,11-12H2,1-3H3,(H,21,23)(H,22,24)/t16-,17+/m1/s1. The molecule has 0 radical (unpaired) electrons. The Balaban J connectivity index is 2.11. The molecule has 2 aromatic rings. The first kappa shape index (κ1) is 21.4. The zero-order valence-corrected chi connectivity index (χ0v) is 16.9. The summed E-state index contributed by atoms with van der Waals surface area (Å²) in [7, 11) is 2.88. The number of methoxy groups -OCH3 is 2. The first-order valence-corrected chi connectivity index (χ1v) is 9.61. The minimum atomic E-state index is -0.495. The van der Waals surface area contributed by atoms with Gasteiger partial charge in [0.1, 0.15) is 5.75 Å². The van der Waals surface area contributed by atoms with Crippen LogP contribution in [0, 0.1) is 0 Å². The minimum Gasteiger partial charge on any atom is -0.497 e. The quantitative estimate of drug-likeness (QED) is 0.627. The van der Waals surface area contributed by atoms with E-state index in [9.17, 15) is 14.4 Å². The smallest absolute Gasteiger partial charge is 0.307 e. The molecular formula is C20H24N2O5S. The summed E-state index contributed by atoms with van der Waals surface area (Å²) in [4.78, 5) is 36.8. The first-order chi connectivity index (χ1) is 13.4. The normalized spacial score (nSPS) is 12.5. The van der Waals surface area contributed by atoms with Crippen molar-refractivity contribution in [2.24, 2.45) is 0 Å². The molecule has 2 amide bonds. The van der Waals surface area contributed by atoms with Gasteiger partial charge >= 0.3 is 5.97 Å². The van der Waals surface area contributed by atoms with Crippen LogP contribution in [-0.2, 0) is 19.1 Å². The summed E-state index contributed by atoms with van der Waals surface area (Å²) < 4.78 is 9.87. The number of hydrogen-bond donors (Lipinski definition) is 2. The maximum Gasteiger partial charge on any atom is 0.307 e. The fourth-order valence-corrected chi connectivity index (χ4v) is 3.51. The van der Waals surface area contributed by atoms with Crippen molar-refractivity contribution in [1.29, 1.82) is 0 Å². The Morgan fingerprint density at radius 3 is 2.25 bits per heavy atom. The molecule has 0 spiro atoms. The molecule has 0 aliphatic heterocycles. The number of carbonyl (C=O) groups excluding carboxylic acids is 3. The van der Waals surface area contributed by atoms with Gasteiger partial charge in [-0.15, -0.1) is 11.3 Å². The summed E-state index contributed by atoms with van der Waals surface area (Å²) in [6.45, 7) is 1.40. The third-order valence-electron chi connectivity index (χ3n) is 4.11. The van der Waals surface area contributed by atoms with Gasteiger partial charge in [0.2, 0.25) is 11.8 Å². The van der Waals surface area contributed by atoms with Crippen LogP contribution in [0.4, 0.5) is 0 Å². The number of rotatable bonds is 9. The van der Waals surface area contributed by atoms with Gasteiger partial charge in [0.05, 0.1) is 39.1 Å². The molecule has 0 fully saturated rings. The Morgan fingerprint density at radius 1 is 1.00 bits per heavy atom. The molecule has 28 heavy (non-hydrogen) atoms. The number of carbonyl (C=O) groups is 3. The highest BCUT2D eigenvalue weighted by Gasteiger charge is 2.23. The van der Waals surface area contributed by atoms with Gasteiger partial charge in [-0.25, -0.2) is 0 Å². The van der Waals surface area contributed by atoms with E-state index >= 15 is 0 Å². The second-order valence-corrected chi connectivity index (χ2v) is 7.13. The molecule has 2 atom stereocenters. The van der Waals surface area contributed by atoms with E-state index in [1.54, 1.807) is 31.4 Å². The predicted molar refractivity (Wildman–Crippen MR) is 106 cm³/mol. The van der Waals surface area contributed by atoms with Gasteiger partial charge < -0.3 is 20.1 Å². The molecule has 0 unspecified atom stereocenters. The van der Waals surface area contributed by atoms with Crippen LogP contribution < -0.4 is 15.4 Å². The average molecular weight is 404 g/mol. The molecule has 0 aliphatic rings. The fraction of sp³-hybridized carbons (Fsp3) is 0.350. The van der Waals surface area contributed by atoms with Crippen LogP contribution in [-0.4, -0.2) is 32.0 Å². The third-order valence-corrected chi connectivity index (χ3v) is 5.09. The Bertz CT molecular complexity index is 789. The van der Waals surface area contributed by atoms with E-state index in [2.05, 4.69) is 10.6 Å². The van der Waals surface area contributed by atoms with Crippen molar-refractivity contribution in [3.8, 4) is 5.75 Å². The number of ether oxygens (including phenoxy) is 2. The molecule has 0 aliphatic carbocycles. The van der Waals surface area contributed by atoms with E-state index in [1.165, 1.54) is 25.4 Å². The van der Waals surface area contributed by atoms with E-state index in [1.807, 2.05) is 17.5 Å². The van der Waals surface area contributed by atoms with E-state index in [0.29, 0.717) is 5.75 Å². The summed E-state index contributed by atoms with van der Waals surface area (Å²) in [5.74, 6) is -0.243. The number of hydrogen-bond acceptors (Lipinski definition) is 6. The van der Waals surface area contributed by atoms with Crippen LogP contribution in [0.3, 0.4) is 0 Å². The summed E-state index contributed by atoms with van der Waals surface area (Å²) in [6.07, 6.45) is 0.0745. The fourth-order valence-electron chi connectivity index (χ4n) is 2.73. The SMILES string of the molecule is COC(=O)C[C@H](NC(=O)C[C@@H](NC(C)=O)c1ccc(OC)cc1)c1cccs1. The number of benzene rings is 1. The van der Waals surface area contributed by atoms with Crippen molar-refractivity contribution in [2.75, 3.05) is 14.2 Å². The molecule has 0 saturated carbocycles. The van der Waals surface area contributed by atoms with Gasteiger partial charge in [0.25, 0.3) is 0 Å². The van der Waals surface area contributed by atoms with Crippen molar-refractivity contribution in [1.82, 2.24) is 10.6 Å². The molecule has 0 saturated heterocycles. The van der Waals surface area contributed by atoms with Gasteiger partial charge in [-0.2, -0.15) is 0 Å². The molecule has 150 valence electrons. The highest BCUT2D eigenvalue weighted by Crippen LogP contribution is 2.24. The number of esters is 1. The molecule has 1 heterocycles. The number of thiophene rings is 1. The maximum atomic E-state index is 12.7. The monoisotopic (exact) mass is 404 g/mol. The lowest BCUT2D eigenvalue weighted by Gasteiger charge is -2.21. The Labute approximate surface area is 168 Å². The topological polar surface area (TPSA) is 93.7 Å². The highest BCUT2D eigenvalue weighted by atomic mass is 32.1. The van der Waals surface area contributed by atoms with Gasteiger partial charge in [-0.1, -0.05) is 18.2 Å². The van der Waals surface area contributed by atoms with Crippen molar-refractivity contribution >= 4 is 29.1 Å². The molecule has 2 N–H and O–H groups in total. The zero-order chi connectivity index (χ0) is 20.5. The largest absolute Gasteiger partial charge is 0.497 e. The first-order valence-electron chi connectivity index (χ1n) is 8.73. The molecule has 1 aromatic heterocycles. The molecule has 2 rings (SSSR count). The van der Waals surface area contributed by atoms with Gasteiger partial charge in [0.15, 0.2) is 0 Å². The average Bonchev–Trinajstić information content (AvgIpc) is 3.21. The Hall–Kier alpha value is -2.87. The van der Waals surface area contributed by atoms with Crippen LogP contribution >= 0.6 is 11.3 Å². The van der Waals surface area contributed by atoms with Crippen molar-refractivity contribution in [3.63, 3.8) is 0 Å². The van der Waals surface area contributed by atoms with Crippen LogP contribution in [0.2, 0.25) is 0 Å². The second-order valence-electron chi connectivity index (χ2n) is 6.15. The van der Waals surface area contributed by atoms with Crippen molar-refractivity contribution in [2.45, 2.75) is 31.8 Å². The highest BCUT2D eigenvalue weighted by molar-refractivity contribution is 7.10. The third kappa shape index (κ3) is 6.38. The number of nitrogens with one attached hydrogen (secondary N) is 2. The van der Waals surface area contributed by atoms with E-state index < -0.39 is 18.1 Å². The lowest BCUT2D eigenvalue weighted by atomic mass is 10.0. The van der Waals surface area contributed by atoms with Crippen LogP contribution in [0.1, 0.15) is 42.3 Å². The van der Waals surface area contributed by atoms with Crippen LogP contribution in [0.5, 0.6) is 5.75 Å². The lowest BCUT2D eigenvalue weighted by Crippen LogP contribution is -2.35. The van der Waals surface area contributed by atoms with E-state index in [-0.39, 0.29) is 24.7 Å². The number of amides is 2. The summed E-state index contributed by atoms with van der Waals surface area (Å²) >= 11 is 1.45. The summed E-state index contributed by atoms with van der Waals surface area (Å²) in [6, 6.07) is 9.89. The van der Waals surface area contributed by atoms with Gasteiger partial charge in [-0.3, -0.25) is 14.4 Å². The minimum absolute atomic E-state index is 0.0367. The summed E-state index contributed by atoms with van der Waals surface area (Å²) in [5, 5.41) is 7.55. The van der Waals surface area contributed by atoms with Gasteiger partial charge in [0, 0.05) is 11.8 Å². The lowest BCUT2D eigenvalue weighted by molar-refractivity contribution is -0.141. The summed E-state index contributed by atoms with van der Waals surface area (Å²) in [5.41, 5.74) is 0.784. The van der Waals surface area contributed by atoms with Gasteiger partial charge in [-0.05, 0) is 29.1 Å². The molecule has 8 heteroatoms. The van der Waals surface area contributed by atoms with Crippen molar-refractivity contribution < 1.29 is 23.9 Å². The Morgan fingerprint density at radius 2 is 1.71 bits per heavy atom. The van der Waals surface area contributed by atoms with Crippen LogP contribution in [0.15, 0.2) is 41.8 Å². The molecular weight excluding hydrogens is 380 g/mol. The predicted octanol–water partition coefficient (Wildman–Crippen LogP) is 2.74. The van der Waals surface area contributed by atoms with E-state index in [0.717, 1.165) is 10.4 Å². The molecule has 0 bridgehead atoms. The zero-order valence-electron chi connectivity index (χ0n) is 16.1.